The van der Waals surface area contributed by atoms with Crippen LogP contribution in [0.5, 0.6) is 0 Å². The number of nitrogens with zero attached hydrogens (tertiary/aromatic N) is 3. The quantitative estimate of drug-likeness (QED) is 0.613. The molecule has 0 bridgehead atoms. The van der Waals surface area contributed by atoms with Gasteiger partial charge < -0.3 is 11.5 Å². The zero-order valence-electron chi connectivity index (χ0n) is 14.5. The molecule has 11 heteroatoms. The molecule has 2 aromatic heterocycles. The summed E-state index contributed by atoms with van der Waals surface area (Å²) in [5.41, 5.74) is 8.98. The molecule has 4 rings (SSSR count). The lowest BCUT2D eigenvalue weighted by molar-refractivity contribution is 0.544. The van der Waals surface area contributed by atoms with Crippen LogP contribution in [-0.2, 0) is 6.54 Å². The Kier molecular flexibility index (Phi) is 7.45. The van der Waals surface area contributed by atoms with Crippen molar-refractivity contribution in [2.24, 2.45) is 11.8 Å². The molecule has 0 saturated heterocycles. The van der Waals surface area contributed by atoms with Crippen molar-refractivity contribution in [1.29, 1.82) is 0 Å². The zero-order valence-corrected chi connectivity index (χ0v) is 16.1. The second-order valence-corrected chi connectivity index (χ2v) is 7.05. The Morgan fingerprint density at radius 1 is 1.15 bits per heavy atom. The van der Waals surface area contributed by atoms with Crippen molar-refractivity contribution in [3.63, 3.8) is 0 Å². The molecule has 2 fully saturated rings. The van der Waals surface area contributed by atoms with Crippen molar-refractivity contribution in [3.8, 4) is 0 Å². The standard InChI is InChI=1S/C8H10FN3O.C4H7Br.C4H4FN3O/c9-6-4-12(3-5-1-2-5)8(13)11-7(6)10;5-3-4-1-2-4;5-2-1-7-4(9)8-3(2)6/h4-5H,1-3H2,(H2,10,11,13);4H,1-3H2;1H,(H3,6,7,8,9). The lowest BCUT2D eigenvalue weighted by Gasteiger charge is -2.03. The van der Waals surface area contributed by atoms with Gasteiger partial charge in [0, 0.05) is 18.1 Å². The Bertz CT molecular complexity index is 880. The minimum atomic E-state index is -0.713. The van der Waals surface area contributed by atoms with Crippen LogP contribution in [0.4, 0.5) is 20.4 Å². The Morgan fingerprint density at radius 3 is 2.22 bits per heavy atom. The number of nitrogen functional groups attached to an aromatic ring is 2. The summed E-state index contributed by atoms with van der Waals surface area (Å²) < 4.78 is 26.3. The predicted molar refractivity (Wildman–Crippen MR) is 101 cm³/mol. The summed E-state index contributed by atoms with van der Waals surface area (Å²) in [6.07, 6.45) is 7.05. The fourth-order valence-electron chi connectivity index (χ4n) is 1.85. The molecule has 5 N–H and O–H groups in total. The highest BCUT2D eigenvalue weighted by molar-refractivity contribution is 9.09. The lowest BCUT2D eigenvalue weighted by atomic mass is 10.4. The number of alkyl halides is 1. The molecule has 148 valence electrons. The van der Waals surface area contributed by atoms with Crippen molar-refractivity contribution in [3.05, 3.63) is 45.0 Å². The molecule has 2 aromatic rings. The van der Waals surface area contributed by atoms with Gasteiger partial charge in [0.05, 0.1) is 6.20 Å². The number of aromatic nitrogens is 4. The van der Waals surface area contributed by atoms with Crippen LogP contribution >= 0.6 is 15.9 Å². The zero-order chi connectivity index (χ0) is 20.0. The van der Waals surface area contributed by atoms with E-state index in [-0.39, 0.29) is 11.6 Å². The van der Waals surface area contributed by atoms with Crippen LogP contribution in [0.3, 0.4) is 0 Å². The van der Waals surface area contributed by atoms with E-state index in [9.17, 15) is 18.4 Å². The van der Waals surface area contributed by atoms with Gasteiger partial charge in [-0.1, -0.05) is 15.9 Å². The van der Waals surface area contributed by atoms with Gasteiger partial charge in [-0.15, -0.1) is 0 Å². The van der Waals surface area contributed by atoms with Gasteiger partial charge in [0.25, 0.3) is 0 Å². The number of aromatic amines is 1. The average molecular weight is 447 g/mol. The third-order valence-electron chi connectivity index (χ3n) is 3.84. The van der Waals surface area contributed by atoms with E-state index in [1.54, 1.807) is 0 Å². The Hall–Kier alpha value is -2.30. The number of halogens is 3. The molecule has 0 aliphatic heterocycles. The van der Waals surface area contributed by atoms with Crippen LogP contribution in [-0.4, -0.2) is 24.8 Å². The summed E-state index contributed by atoms with van der Waals surface area (Å²) in [4.78, 5) is 29.8. The van der Waals surface area contributed by atoms with E-state index >= 15 is 0 Å². The second kappa shape index (κ2) is 9.58. The summed E-state index contributed by atoms with van der Waals surface area (Å²) in [7, 11) is 0. The van der Waals surface area contributed by atoms with Crippen molar-refractivity contribution in [2.45, 2.75) is 32.2 Å². The molecule has 2 heterocycles. The maximum Gasteiger partial charge on any atom is 0.349 e. The molecule has 0 amide bonds. The van der Waals surface area contributed by atoms with Gasteiger partial charge >= 0.3 is 11.4 Å². The average Bonchev–Trinajstić information content (AvgIpc) is 3.52. The van der Waals surface area contributed by atoms with Gasteiger partial charge in [-0.2, -0.15) is 9.97 Å². The minimum Gasteiger partial charge on any atom is -0.383 e. The largest absolute Gasteiger partial charge is 0.383 e. The van der Waals surface area contributed by atoms with Crippen LogP contribution in [0.2, 0.25) is 0 Å². The maximum absolute atomic E-state index is 12.9. The van der Waals surface area contributed by atoms with Crippen molar-refractivity contribution >= 4 is 27.6 Å². The van der Waals surface area contributed by atoms with Crippen LogP contribution in [0.25, 0.3) is 0 Å². The molecule has 0 radical (unpaired) electrons. The van der Waals surface area contributed by atoms with Crippen LogP contribution < -0.4 is 22.8 Å². The van der Waals surface area contributed by atoms with E-state index in [0.717, 1.165) is 31.2 Å². The van der Waals surface area contributed by atoms with Gasteiger partial charge in [0.2, 0.25) is 0 Å². The molecule has 0 aromatic carbocycles. The van der Waals surface area contributed by atoms with E-state index < -0.39 is 23.0 Å². The maximum atomic E-state index is 12.9. The predicted octanol–water partition coefficient (Wildman–Crippen LogP) is 1.66. The Morgan fingerprint density at radius 2 is 1.78 bits per heavy atom. The molecule has 8 nitrogen and oxygen atoms in total. The first-order chi connectivity index (χ1) is 12.8. The normalized spacial score (nSPS) is 15.2. The smallest absolute Gasteiger partial charge is 0.349 e. The van der Waals surface area contributed by atoms with E-state index in [4.69, 9.17) is 11.5 Å². The van der Waals surface area contributed by atoms with Gasteiger partial charge in [-0.25, -0.2) is 18.4 Å². The van der Waals surface area contributed by atoms with Crippen LogP contribution in [0.15, 0.2) is 22.0 Å². The van der Waals surface area contributed by atoms with E-state index in [1.807, 2.05) is 4.98 Å². The fraction of sp³-hybridized carbons (Fsp3) is 0.500. The monoisotopic (exact) mass is 446 g/mol. The first-order valence-electron chi connectivity index (χ1n) is 8.38. The van der Waals surface area contributed by atoms with Gasteiger partial charge in [-0.05, 0) is 37.5 Å². The number of rotatable bonds is 3. The Labute approximate surface area is 162 Å². The molecule has 0 spiro atoms. The number of anilines is 2. The summed E-state index contributed by atoms with van der Waals surface area (Å²) in [5, 5.41) is 1.23. The summed E-state index contributed by atoms with van der Waals surface area (Å²) in [6, 6.07) is 0. The molecule has 2 aliphatic rings. The van der Waals surface area contributed by atoms with Crippen molar-refractivity contribution in [2.75, 3.05) is 16.8 Å². The SMILES string of the molecule is BrCC1CC1.Nc1[nH]c(=O)ncc1F.Nc1nc(=O)n(CC2CC2)cc1F. The highest BCUT2D eigenvalue weighted by atomic mass is 79.9. The number of hydrogen-bond donors (Lipinski definition) is 3. The first-order valence-corrected chi connectivity index (χ1v) is 9.51. The number of nitrogens with one attached hydrogen (secondary N) is 1. The minimum absolute atomic E-state index is 0.282. The molecule has 0 unspecified atom stereocenters. The van der Waals surface area contributed by atoms with Crippen molar-refractivity contribution in [1.82, 2.24) is 19.5 Å². The third kappa shape index (κ3) is 7.45. The van der Waals surface area contributed by atoms with Crippen molar-refractivity contribution < 1.29 is 8.78 Å². The third-order valence-corrected chi connectivity index (χ3v) is 4.75. The molecule has 0 atom stereocenters. The topological polar surface area (TPSA) is 133 Å². The highest BCUT2D eigenvalue weighted by Gasteiger charge is 2.22. The summed E-state index contributed by atoms with van der Waals surface area (Å²) >= 11 is 3.38. The van der Waals surface area contributed by atoms with Gasteiger partial charge in [-0.3, -0.25) is 9.55 Å². The van der Waals surface area contributed by atoms with E-state index in [2.05, 4.69) is 25.9 Å². The molecule has 2 aliphatic carbocycles. The number of hydrogen-bond acceptors (Lipinski definition) is 6. The molecular weight excluding hydrogens is 426 g/mol. The van der Waals surface area contributed by atoms with Crippen LogP contribution in [0, 0.1) is 23.5 Å². The lowest BCUT2D eigenvalue weighted by Crippen LogP contribution is -2.25. The molecule has 2 saturated carbocycles. The van der Waals surface area contributed by atoms with E-state index in [0.29, 0.717) is 12.5 Å². The van der Waals surface area contributed by atoms with E-state index in [1.165, 1.54) is 22.7 Å². The molecule has 27 heavy (non-hydrogen) atoms. The fourth-order valence-corrected chi connectivity index (χ4v) is 2.50. The van der Waals surface area contributed by atoms with Gasteiger partial charge in [0.1, 0.15) is 5.82 Å². The first kappa shape index (κ1) is 21.0. The summed E-state index contributed by atoms with van der Waals surface area (Å²) in [6.45, 7) is 0.559. The van der Waals surface area contributed by atoms with Gasteiger partial charge in [0.15, 0.2) is 17.5 Å². The second-order valence-electron chi connectivity index (χ2n) is 6.40. The Balaban J connectivity index is 0.000000161. The highest BCUT2D eigenvalue weighted by Crippen LogP contribution is 2.30. The summed E-state index contributed by atoms with van der Waals surface area (Å²) in [5.74, 6) is -0.376. The number of nitrogens with two attached hydrogens (primary N) is 2. The molecular formula is C16H21BrF2N6O2. The van der Waals surface area contributed by atoms with Crippen LogP contribution in [0.1, 0.15) is 25.7 Å². The number of H-pyrrole nitrogens is 1.